The summed E-state index contributed by atoms with van der Waals surface area (Å²) in [6, 6.07) is 3.46. The minimum Gasteiger partial charge on any atom is -0.459 e. The van der Waals surface area contributed by atoms with E-state index in [0.717, 1.165) is 19.6 Å². The van der Waals surface area contributed by atoms with Crippen molar-refractivity contribution < 1.29 is 9.21 Å². The molecule has 0 bridgehead atoms. The summed E-state index contributed by atoms with van der Waals surface area (Å²) in [5.74, 6) is 1.03. The van der Waals surface area contributed by atoms with Crippen LogP contribution in [0.2, 0.25) is 0 Å². The number of amides is 1. The van der Waals surface area contributed by atoms with Gasteiger partial charge in [0.05, 0.1) is 6.26 Å². The summed E-state index contributed by atoms with van der Waals surface area (Å²) < 4.78 is 5.12. The Bertz CT molecular complexity index is 354. The molecule has 1 aromatic rings. The van der Waals surface area contributed by atoms with Crippen molar-refractivity contribution in [3.05, 3.63) is 24.2 Å². The van der Waals surface area contributed by atoms with Gasteiger partial charge in [-0.2, -0.15) is 0 Å². The molecule has 0 unspecified atom stereocenters. The third-order valence-electron chi connectivity index (χ3n) is 3.45. The Kier molecular flexibility index (Phi) is 3.84. The Balaban J connectivity index is 1.85. The van der Waals surface area contributed by atoms with Gasteiger partial charge in [-0.05, 0) is 51.0 Å². The van der Waals surface area contributed by atoms with Crippen molar-refractivity contribution in [3.8, 4) is 0 Å². The van der Waals surface area contributed by atoms with Gasteiger partial charge in [-0.25, -0.2) is 0 Å². The first-order valence-corrected chi connectivity index (χ1v) is 6.14. The Morgan fingerprint density at radius 1 is 1.53 bits per heavy atom. The highest BCUT2D eigenvalue weighted by atomic mass is 16.3. The maximum absolute atomic E-state index is 12.0. The van der Waals surface area contributed by atoms with Crippen molar-refractivity contribution in [2.24, 2.45) is 5.92 Å². The van der Waals surface area contributed by atoms with Crippen LogP contribution in [0.4, 0.5) is 0 Å². The van der Waals surface area contributed by atoms with Gasteiger partial charge in [-0.15, -0.1) is 0 Å². The molecule has 0 atom stereocenters. The molecule has 4 nitrogen and oxygen atoms in total. The molecule has 0 aromatic carbocycles. The zero-order chi connectivity index (χ0) is 12.3. The molecule has 1 saturated heterocycles. The molecule has 0 aliphatic carbocycles. The highest BCUT2D eigenvalue weighted by molar-refractivity contribution is 5.91. The first-order valence-electron chi connectivity index (χ1n) is 6.14. The minimum atomic E-state index is -0.0195. The second-order valence-corrected chi connectivity index (χ2v) is 4.91. The monoisotopic (exact) mass is 236 g/mol. The summed E-state index contributed by atoms with van der Waals surface area (Å²) in [7, 11) is 4.00. The van der Waals surface area contributed by atoms with Gasteiger partial charge in [0.1, 0.15) is 0 Å². The van der Waals surface area contributed by atoms with Crippen LogP contribution < -0.4 is 0 Å². The highest BCUT2D eigenvalue weighted by Crippen LogP contribution is 2.17. The van der Waals surface area contributed by atoms with E-state index in [0.29, 0.717) is 11.7 Å². The van der Waals surface area contributed by atoms with E-state index in [-0.39, 0.29) is 5.91 Å². The average molecular weight is 236 g/mol. The van der Waals surface area contributed by atoms with Crippen LogP contribution in [-0.4, -0.2) is 49.4 Å². The maximum Gasteiger partial charge on any atom is 0.289 e. The maximum atomic E-state index is 12.0. The van der Waals surface area contributed by atoms with Crippen LogP contribution in [-0.2, 0) is 0 Å². The second-order valence-electron chi connectivity index (χ2n) is 4.91. The van der Waals surface area contributed by atoms with E-state index >= 15 is 0 Å². The molecule has 4 heteroatoms. The van der Waals surface area contributed by atoms with Crippen molar-refractivity contribution in [2.75, 3.05) is 33.7 Å². The summed E-state index contributed by atoms with van der Waals surface area (Å²) in [5.41, 5.74) is 0. The van der Waals surface area contributed by atoms with E-state index in [1.165, 1.54) is 19.1 Å². The number of carbonyl (C=O) groups is 1. The summed E-state index contributed by atoms with van der Waals surface area (Å²) in [6.45, 7) is 3.09. The molecule has 1 aliphatic rings. The Labute approximate surface area is 102 Å². The molecule has 94 valence electrons. The van der Waals surface area contributed by atoms with Crippen LogP contribution in [0.25, 0.3) is 0 Å². The van der Waals surface area contributed by atoms with Crippen LogP contribution in [0.15, 0.2) is 22.8 Å². The van der Waals surface area contributed by atoms with Gasteiger partial charge < -0.3 is 14.2 Å². The summed E-state index contributed by atoms with van der Waals surface area (Å²) in [4.78, 5) is 16.1. The van der Waals surface area contributed by atoms with Crippen LogP contribution in [0.3, 0.4) is 0 Å². The Hall–Kier alpha value is -1.29. The zero-order valence-corrected chi connectivity index (χ0v) is 10.6. The molecule has 0 saturated carbocycles. The summed E-state index contributed by atoms with van der Waals surface area (Å²) in [6.07, 6.45) is 3.88. The molecule has 1 amide bonds. The highest BCUT2D eigenvalue weighted by Gasteiger charge is 2.21. The largest absolute Gasteiger partial charge is 0.459 e. The number of nitrogens with zero attached hydrogens (tertiary/aromatic N) is 2. The van der Waals surface area contributed by atoms with Gasteiger partial charge in [0.15, 0.2) is 5.76 Å². The lowest BCUT2D eigenvalue weighted by Gasteiger charge is -2.31. The molecule has 2 rings (SSSR count). The van der Waals surface area contributed by atoms with E-state index in [1.54, 1.807) is 17.0 Å². The average Bonchev–Trinajstić information content (AvgIpc) is 2.84. The zero-order valence-electron chi connectivity index (χ0n) is 10.6. The van der Waals surface area contributed by atoms with Gasteiger partial charge in [-0.3, -0.25) is 4.79 Å². The Morgan fingerprint density at radius 3 is 2.82 bits per heavy atom. The number of rotatable bonds is 3. The number of hydrogen-bond donors (Lipinski definition) is 0. The molecule has 0 radical (unpaired) electrons. The van der Waals surface area contributed by atoms with Crippen molar-refractivity contribution in [1.29, 1.82) is 0 Å². The van der Waals surface area contributed by atoms with E-state index < -0.39 is 0 Å². The lowest BCUT2D eigenvalue weighted by Crippen LogP contribution is -2.37. The number of likely N-dealkylation sites (tertiary alicyclic amines) is 1. The smallest absolute Gasteiger partial charge is 0.289 e. The molecular weight excluding hydrogens is 216 g/mol. The molecule has 17 heavy (non-hydrogen) atoms. The first-order chi connectivity index (χ1) is 8.16. The third kappa shape index (κ3) is 3.09. The summed E-state index contributed by atoms with van der Waals surface area (Å²) in [5, 5.41) is 0. The molecule has 2 heterocycles. The third-order valence-corrected chi connectivity index (χ3v) is 3.45. The molecular formula is C13H20N2O2. The van der Waals surface area contributed by atoms with Gasteiger partial charge in [0.25, 0.3) is 5.91 Å². The van der Waals surface area contributed by atoms with Gasteiger partial charge in [0.2, 0.25) is 0 Å². The van der Waals surface area contributed by atoms with Crippen molar-refractivity contribution in [3.63, 3.8) is 0 Å². The quantitative estimate of drug-likeness (QED) is 0.801. The number of furan rings is 1. The molecule has 1 fully saturated rings. The summed E-state index contributed by atoms with van der Waals surface area (Å²) >= 11 is 0. The van der Waals surface area contributed by atoms with Gasteiger partial charge in [-0.1, -0.05) is 0 Å². The second kappa shape index (κ2) is 5.36. The molecule has 1 aliphatic heterocycles. The van der Waals surface area contributed by atoms with E-state index in [2.05, 4.69) is 11.9 Å². The standard InChI is InChI=1S/C13H20N2O2/c1-14-7-5-11(6-8-14)10-15(2)13(16)12-4-3-9-17-12/h3-4,9,11H,5-8,10H2,1-2H3. The molecule has 0 N–H and O–H groups in total. The van der Waals surface area contributed by atoms with Crippen molar-refractivity contribution in [1.82, 2.24) is 9.80 Å². The van der Waals surface area contributed by atoms with Crippen molar-refractivity contribution in [2.45, 2.75) is 12.8 Å². The lowest BCUT2D eigenvalue weighted by atomic mass is 9.96. The van der Waals surface area contributed by atoms with Gasteiger partial charge in [0, 0.05) is 13.6 Å². The molecule has 0 spiro atoms. The topological polar surface area (TPSA) is 36.7 Å². The van der Waals surface area contributed by atoms with Crippen molar-refractivity contribution >= 4 is 5.91 Å². The predicted molar refractivity (Wildman–Crippen MR) is 65.9 cm³/mol. The minimum absolute atomic E-state index is 0.0195. The van der Waals surface area contributed by atoms with Crippen LogP contribution in [0.5, 0.6) is 0 Å². The molecule has 1 aromatic heterocycles. The number of hydrogen-bond acceptors (Lipinski definition) is 3. The Morgan fingerprint density at radius 2 is 2.24 bits per heavy atom. The van der Waals surface area contributed by atoms with Gasteiger partial charge >= 0.3 is 0 Å². The van der Waals surface area contributed by atoms with E-state index in [9.17, 15) is 4.79 Å². The number of piperidine rings is 1. The normalized spacial score (nSPS) is 18.2. The van der Waals surface area contributed by atoms with E-state index in [1.807, 2.05) is 7.05 Å². The fourth-order valence-corrected chi connectivity index (χ4v) is 2.30. The fraction of sp³-hybridized carbons (Fsp3) is 0.615. The van der Waals surface area contributed by atoms with Crippen LogP contribution in [0, 0.1) is 5.92 Å². The lowest BCUT2D eigenvalue weighted by molar-refractivity contribution is 0.0716. The first kappa shape index (κ1) is 12.2. The van der Waals surface area contributed by atoms with Crippen LogP contribution >= 0.6 is 0 Å². The van der Waals surface area contributed by atoms with E-state index in [4.69, 9.17) is 4.42 Å². The number of carbonyl (C=O) groups excluding carboxylic acids is 1. The fourth-order valence-electron chi connectivity index (χ4n) is 2.30. The SMILES string of the molecule is CN1CCC(CN(C)C(=O)c2ccco2)CC1. The van der Waals surface area contributed by atoms with Crippen LogP contribution in [0.1, 0.15) is 23.4 Å². The predicted octanol–water partition coefficient (Wildman–Crippen LogP) is 1.69.